The Morgan fingerprint density at radius 2 is 0.918 bits per heavy atom. The summed E-state index contributed by atoms with van der Waals surface area (Å²) in [5.74, 6) is 1.13. The number of rotatable bonds is 8. The smallest absolute Gasteiger partial charge is 0.161 e. The molecular formula is C45H34N4. The van der Waals surface area contributed by atoms with Gasteiger partial charge in [-0.05, 0) is 52.7 Å². The van der Waals surface area contributed by atoms with Crippen LogP contribution in [-0.4, -0.2) is 23.4 Å². The fraction of sp³-hybridized carbons (Fsp3) is 0.0222. The summed E-state index contributed by atoms with van der Waals surface area (Å²) in [7, 11) is 0. The molecular weight excluding hydrogens is 597 g/mol. The number of nitrogens with zero attached hydrogens (tertiary/aromatic N) is 4. The Morgan fingerprint density at radius 3 is 1.55 bits per heavy atom. The molecule has 4 nitrogen and oxygen atoms in total. The second-order valence-corrected chi connectivity index (χ2v) is 11.6. The van der Waals surface area contributed by atoms with E-state index in [1.54, 1.807) is 0 Å². The molecule has 1 heterocycles. The Kier molecular flexibility index (Phi) is 9.47. The molecule has 6 aromatic carbocycles. The van der Waals surface area contributed by atoms with Gasteiger partial charge in [-0.15, -0.1) is 0 Å². The molecule has 0 amide bonds. The van der Waals surface area contributed by atoms with Crippen molar-refractivity contribution < 1.29 is 0 Å². The van der Waals surface area contributed by atoms with E-state index in [4.69, 9.17) is 15.0 Å². The summed E-state index contributed by atoms with van der Waals surface area (Å²) < 4.78 is 0. The lowest BCUT2D eigenvalue weighted by Crippen LogP contribution is -2.05. The molecule has 4 heteroatoms. The minimum atomic E-state index is 0.498. The molecule has 0 fully saturated rings. The third-order valence-electron chi connectivity index (χ3n) is 8.28. The maximum absolute atomic E-state index is 5.10. The van der Waals surface area contributed by atoms with Crippen LogP contribution in [0.5, 0.6) is 0 Å². The highest BCUT2D eigenvalue weighted by atomic mass is 15.0. The highest BCUT2D eigenvalue weighted by molar-refractivity contribution is 6.13. The minimum absolute atomic E-state index is 0.498. The van der Waals surface area contributed by atoms with Gasteiger partial charge in [-0.1, -0.05) is 164 Å². The summed E-state index contributed by atoms with van der Waals surface area (Å²) in [5, 5.41) is 0. The lowest BCUT2D eigenvalue weighted by Gasteiger charge is -2.11. The van der Waals surface area contributed by atoms with E-state index in [9.17, 15) is 0 Å². The minimum Gasteiger partial charge on any atom is -0.261 e. The standard InChI is InChI=1S/C45H34N4/c1-46-44(38-21-12-5-13-22-38)49-45(47-32-33-15-6-2-7-16-33)40-24-14-23-39(29-40)35-25-27-37(28-26-35)43-31-41(34-17-8-3-9-18-34)30-42(48-43)36-19-10-4-11-20-36/h2-31H,1,32H2. The second-order valence-electron chi connectivity index (χ2n) is 11.6. The average Bonchev–Trinajstić information content (AvgIpc) is 3.19. The predicted molar refractivity (Wildman–Crippen MR) is 205 cm³/mol. The number of pyridine rings is 1. The summed E-state index contributed by atoms with van der Waals surface area (Å²) in [4.78, 5) is 19.3. The number of benzene rings is 6. The summed E-state index contributed by atoms with van der Waals surface area (Å²) in [6.45, 7) is 4.30. The van der Waals surface area contributed by atoms with Crippen molar-refractivity contribution in [3.63, 3.8) is 0 Å². The van der Waals surface area contributed by atoms with Crippen molar-refractivity contribution in [3.05, 3.63) is 199 Å². The molecule has 0 atom stereocenters. The van der Waals surface area contributed by atoms with E-state index < -0.39 is 0 Å². The van der Waals surface area contributed by atoms with Crippen LogP contribution in [0.15, 0.2) is 197 Å². The topological polar surface area (TPSA) is 50.0 Å². The molecule has 0 aliphatic rings. The summed E-state index contributed by atoms with van der Waals surface area (Å²) >= 11 is 0. The fourth-order valence-corrected chi connectivity index (χ4v) is 5.72. The van der Waals surface area contributed by atoms with Crippen LogP contribution in [0.1, 0.15) is 16.7 Å². The highest BCUT2D eigenvalue weighted by Gasteiger charge is 2.11. The van der Waals surface area contributed by atoms with E-state index in [0.717, 1.165) is 61.5 Å². The molecule has 0 radical (unpaired) electrons. The van der Waals surface area contributed by atoms with Crippen molar-refractivity contribution in [2.24, 2.45) is 15.0 Å². The Bertz CT molecular complexity index is 2170. The normalized spacial score (nSPS) is 11.7. The van der Waals surface area contributed by atoms with E-state index >= 15 is 0 Å². The number of amidine groups is 2. The van der Waals surface area contributed by atoms with Crippen molar-refractivity contribution in [2.45, 2.75) is 6.54 Å². The molecule has 1 aromatic heterocycles. The van der Waals surface area contributed by atoms with E-state index in [1.165, 1.54) is 0 Å². The zero-order chi connectivity index (χ0) is 33.3. The van der Waals surface area contributed by atoms with Crippen LogP contribution >= 0.6 is 0 Å². The molecule has 0 unspecified atom stereocenters. The van der Waals surface area contributed by atoms with E-state index in [-0.39, 0.29) is 0 Å². The van der Waals surface area contributed by atoms with Gasteiger partial charge in [0, 0.05) is 22.3 Å². The number of aliphatic imine (C=N–C) groups is 3. The van der Waals surface area contributed by atoms with Crippen LogP contribution in [0.25, 0.3) is 44.8 Å². The van der Waals surface area contributed by atoms with Crippen LogP contribution in [0.4, 0.5) is 0 Å². The first-order valence-corrected chi connectivity index (χ1v) is 16.3. The molecule has 49 heavy (non-hydrogen) atoms. The zero-order valence-corrected chi connectivity index (χ0v) is 27.0. The Morgan fingerprint density at radius 1 is 0.429 bits per heavy atom. The van der Waals surface area contributed by atoms with E-state index in [1.807, 2.05) is 84.9 Å². The molecule has 7 rings (SSSR count). The lowest BCUT2D eigenvalue weighted by atomic mass is 9.98. The van der Waals surface area contributed by atoms with Gasteiger partial charge < -0.3 is 0 Å². The SMILES string of the molecule is C=NC(=NC(=NCc1ccccc1)c1cccc(-c2ccc(-c3cc(-c4ccccc4)cc(-c4ccccc4)n3)cc2)c1)c1ccccc1. The van der Waals surface area contributed by atoms with Crippen molar-refractivity contribution in [2.75, 3.05) is 0 Å². The van der Waals surface area contributed by atoms with Gasteiger partial charge >= 0.3 is 0 Å². The van der Waals surface area contributed by atoms with Gasteiger partial charge in [0.05, 0.1) is 17.9 Å². The number of aromatic nitrogens is 1. The number of hydrogen-bond acceptors (Lipinski definition) is 2. The van der Waals surface area contributed by atoms with Gasteiger partial charge in [0.2, 0.25) is 0 Å². The maximum Gasteiger partial charge on any atom is 0.161 e. The van der Waals surface area contributed by atoms with E-state index in [2.05, 4.69) is 109 Å². The van der Waals surface area contributed by atoms with Crippen LogP contribution in [-0.2, 0) is 6.54 Å². The van der Waals surface area contributed by atoms with Gasteiger partial charge in [-0.2, -0.15) is 0 Å². The molecule has 0 spiro atoms. The van der Waals surface area contributed by atoms with Crippen molar-refractivity contribution in [1.29, 1.82) is 0 Å². The first-order valence-electron chi connectivity index (χ1n) is 16.3. The van der Waals surface area contributed by atoms with Gasteiger partial charge in [-0.25, -0.2) is 15.0 Å². The summed E-state index contributed by atoms with van der Waals surface area (Å²) in [5.41, 5.74) is 11.3. The first kappa shape index (κ1) is 31.1. The Labute approximate surface area is 287 Å². The fourth-order valence-electron chi connectivity index (χ4n) is 5.72. The average molecular weight is 631 g/mol. The number of hydrogen-bond donors (Lipinski definition) is 0. The predicted octanol–water partition coefficient (Wildman–Crippen LogP) is 10.8. The molecule has 0 aliphatic carbocycles. The molecule has 0 aliphatic heterocycles. The molecule has 0 saturated heterocycles. The molecule has 0 bridgehead atoms. The van der Waals surface area contributed by atoms with Crippen LogP contribution in [0.2, 0.25) is 0 Å². The van der Waals surface area contributed by atoms with E-state index in [0.29, 0.717) is 18.2 Å². The van der Waals surface area contributed by atoms with Gasteiger partial charge in [-0.3, -0.25) is 4.99 Å². The second kappa shape index (κ2) is 14.9. The third kappa shape index (κ3) is 7.56. The Hall–Kier alpha value is -6.52. The highest BCUT2D eigenvalue weighted by Crippen LogP contribution is 2.31. The Balaban J connectivity index is 1.24. The van der Waals surface area contributed by atoms with Crippen LogP contribution in [0, 0.1) is 0 Å². The van der Waals surface area contributed by atoms with Crippen LogP contribution < -0.4 is 0 Å². The maximum atomic E-state index is 5.10. The monoisotopic (exact) mass is 630 g/mol. The van der Waals surface area contributed by atoms with Crippen LogP contribution in [0.3, 0.4) is 0 Å². The van der Waals surface area contributed by atoms with Crippen molar-refractivity contribution in [3.8, 4) is 44.8 Å². The van der Waals surface area contributed by atoms with Crippen molar-refractivity contribution >= 4 is 18.4 Å². The van der Waals surface area contributed by atoms with Gasteiger partial charge in [0.15, 0.2) is 11.7 Å². The molecule has 0 N–H and O–H groups in total. The third-order valence-corrected chi connectivity index (χ3v) is 8.28. The summed E-state index contributed by atoms with van der Waals surface area (Å²) in [6, 6.07) is 62.1. The molecule has 7 aromatic rings. The van der Waals surface area contributed by atoms with Crippen molar-refractivity contribution in [1.82, 2.24) is 4.98 Å². The first-order chi connectivity index (χ1) is 24.2. The summed E-state index contributed by atoms with van der Waals surface area (Å²) in [6.07, 6.45) is 0. The largest absolute Gasteiger partial charge is 0.261 e. The van der Waals surface area contributed by atoms with Gasteiger partial charge in [0.25, 0.3) is 0 Å². The molecule has 234 valence electrons. The molecule has 0 saturated carbocycles. The quantitative estimate of drug-likeness (QED) is 0.122. The van der Waals surface area contributed by atoms with Gasteiger partial charge in [0.1, 0.15) is 0 Å². The lowest BCUT2D eigenvalue weighted by molar-refractivity contribution is 1.06. The zero-order valence-electron chi connectivity index (χ0n) is 27.0.